The van der Waals surface area contributed by atoms with Gasteiger partial charge in [0.1, 0.15) is 5.82 Å². The molecule has 1 aliphatic rings. The molecule has 4 nitrogen and oxygen atoms in total. The van der Waals surface area contributed by atoms with Crippen LogP contribution in [0.3, 0.4) is 0 Å². The fourth-order valence-electron chi connectivity index (χ4n) is 2.97. The van der Waals surface area contributed by atoms with Crippen LogP contribution in [0.25, 0.3) is 0 Å². The SMILES string of the molecule is CCN1CCCC1CN(C)c1ncc(CNC)cc1Cl. The van der Waals surface area contributed by atoms with E-state index in [0.717, 1.165) is 36.0 Å². The van der Waals surface area contributed by atoms with E-state index >= 15 is 0 Å². The molecule has 112 valence electrons. The highest BCUT2D eigenvalue weighted by Crippen LogP contribution is 2.25. The molecule has 2 heterocycles. The lowest BCUT2D eigenvalue weighted by Gasteiger charge is -2.28. The molecule has 0 spiro atoms. The number of aromatic nitrogens is 1. The Balaban J connectivity index is 2.03. The van der Waals surface area contributed by atoms with Gasteiger partial charge in [0.05, 0.1) is 5.02 Å². The first kappa shape index (κ1) is 15.5. The molecule has 2 rings (SSSR count). The average molecular weight is 297 g/mol. The number of likely N-dealkylation sites (tertiary alicyclic amines) is 1. The van der Waals surface area contributed by atoms with Crippen LogP contribution in [0, 0.1) is 0 Å². The topological polar surface area (TPSA) is 31.4 Å². The molecular formula is C15H25ClN4. The van der Waals surface area contributed by atoms with Crippen molar-refractivity contribution in [1.29, 1.82) is 0 Å². The van der Waals surface area contributed by atoms with Gasteiger partial charge in [0.25, 0.3) is 0 Å². The lowest BCUT2D eigenvalue weighted by molar-refractivity contribution is 0.270. The maximum Gasteiger partial charge on any atom is 0.147 e. The van der Waals surface area contributed by atoms with Crippen molar-refractivity contribution < 1.29 is 0 Å². The Morgan fingerprint density at radius 2 is 2.35 bits per heavy atom. The van der Waals surface area contributed by atoms with Gasteiger partial charge in [0.15, 0.2) is 0 Å². The van der Waals surface area contributed by atoms with Crippen molar-refractivity contribution in [1.82, 2.24) is 15.2 Å². The maximum absolute atomic E-state index is 6.37. The molecular weight excluding hydrogens is 272 g/mol. The lowest BCUT2D eigenvalue weighted by Crippen LogP contribution is -2.39. The zero-order chi connectivity index (χ0) is 14.5. The van der Waals surface area contributed by atoms with Gasteiger partial charge in [-0.05, 0) is 44.6 Å². The minimum Gasteiger partial charge on any atom is -0.357 e. The second-order valence-electron chi connectivity index (χ2n) is 5.48. The molecule has 0 radical (unpaired) electrons. The van der Waals surface area contributed by atoms with E-state index in [1.165, 1.54) is 19.4 Å². The van der Waals surface area contributed by atoms with Crippen LogP contribution in [0.4, 0.5) is 5.82 Å². The molecule has 0 amide bonds. The van der Waals surface area contributed by atoms with E-state index in [9.17, 15) is 0 Å². The number of hydrogen-bond donors (Lipinski definition) is 1. The number of nitrogens with zero attached hydrogens (tertiary/aromatic N) is 3. The molecule has 1 atom stereocenters. The van der Waals surface area contributed by atoms with Crippen molar-refractivity contribution in [2.24, 2.45) is 0 Å². The molecule has 1 unspecified atom stereocenters. The molecule has 1 N–H and O–H groups in total. The third-order valence-electron chi connectivity index (χ3n) is 4.01. The van der Waals surface area contributed by atoms with Crippen LogP contribution in [0.15, 0.2) is 12.3 Å². The van der Waals surface area contributed by atoms with Gasteiger partial charge in [-0.15, -0.1) is 0 Å². The van der Waals surface area contributed by atoms with Crippen LogP contribution in [-0.2, 0) is 6.54 Å². The van der Waals surface area contributed by atoms with Crippen molar-refractivity contribution in [3.05, 3.63) is 22.8 Å². The van der Waals surface area contributed by atoms with E-state index in [2.05, 4.69) is 34.1 Å². The Labute approximate surface area is 127 Å². The first-order chi connectivity index (χ1) is 9.65. The predicted molar refractivity (Wildman–Crippen MR) is 85.5 cm³/mol. The van der Waals surface area contributed by atoms with Crippen LogP contribution in [0.5, 0.6) is 0 Å². The fraction of sp³-hybridized carbons (Fsp3) is 0.667. The van der Waals surface area contributed by atoms with Gasteiger partial charge in [0, 0.05) is 32.4 Å². The number of hydrogen-bond acceptors (Lipinski definition) is 4. The normalized spacial score (nSPS) is 19.5. The molecule has 0 bridgehead atoms. The fourth-order valence-corrected chi connectivity index (χ4v) is 3.31. The molecule has 1 fully saturated rings. The Bertz CT molecular complexity index is 438. The van der Waals surface area contributed by atoms with Crippen LogP contribution in [0.1, 0.15) is 25.3 Å². The molecule has 1 saturated heterocycles. The van der Waals surface area contributed by atoms with Crippen LogP contribution < -0.4 is 10.2 Å². The molecule has 1 aliphatic heterocycles. The highest BCUT2D eigenvalue weighted by Gasteiger charge is 2.25. The number of pyridine rings is 1. The number of nitrogens with one attached hydrogen (secondary N) is 1. The smallest absolute Gasteiger partial charge is 0.147 e. The molecule has 0 aliphatic carbocycles. The number of likely N-dealkylation sites (N-methyl/N-ethyl adjacent to an activating group) is 2. The third kappa shape index (κ3) is 3.62. The summed E-state index contributed by atoms with van der Waals surface area (Å²) >= 11 is 6.37. The van der Waals surface area contributed by atoms with Gasteiger partial charge >= 0.3 is 0 Å². The van der Waals surface area contributed by atoms with Crippen molar-refractivity contribution >= 4 is 17.4 Å². The van der Waals surface area contributed by atoms with E-state index in [1.807, 2.05) is 19.3 Å². The summed E-state index contributed by atoms with van der Waals surface area (Å²) in [6.45, 7) is 6.36. The maximum atomic E-state index is 6.37. The van der Waals surface area contributed by atoms with Crippen LogP contribution >= 0.6 is 11.6 Å². The lowest BCUT2D eigenvalue weighted by atomic mass is 10.2. The van der Waals surface area contributed by atoms with Crippen molar-refractivity contribution in [3.8, 4) is 0 Å². The Morgan fingerprint density at radius 1 is 1.55 bits per heavy atom. The molecule has 0 aromatic carbocycles. The summed E-state index contributed by atoms with van der Waals surface area (Å²) in [4.78, 5) is 9.25. The minimum absolute atomic E-state index is 0.625. The summed E-state index contributed by atoms with van der Waals surface area (Å²) < 4.78 is 0. The summed E-state index contributed by atoms with van der Waals surface area (Å²) in [5.41, 5.74) is 1.12. The Hall–Kier alpha value is -0.840. The van der Waals surface area contributed by atoms with Crippen molar-refractivity contribution in [2.75, 3.05) is 38.6 Å². The second-order valence-corrected chi connectivity index (χ2v) is 5.89. The summed E-state index contributed by atoms with van der Waals surface area (Å²) in [7, 11) is 4.01. The van der Waals surface area contributed by atoms with E-state index < -0.39 is 0 Å². The molecule has 20 heavy (non-hydrogen) atoms. The van der Waals surface area contributed by atoms with E-state index in [4.69, 9.17) is 11.6 Å². The summed E-state index contributed by atoms with van der Waals surface area (Å²) in [6.07, 6.45) is 4.47. The molecule has 1 aromatic heterocycles. The van der Waals surface area contributed by atoms with E-state index in [-0.39, 0.29) is 0 Å². The highest BCUT2D eigenvalue weighted by atomic mass is 35.5. The van der Waals surface area contributed by atoms with Gasteiger partial charge in [-0.1, -0.05) is 18.5 Å². The quantitative estimate of drug-likeness (QED) is 0.873. The first-order valence-electron chi connectivity index (χ1n) is 7.40. The van der Waals surface area contributed by atoms with Crippen LogP contribution in [0.2, 0.25) is 5.02 Å². The van der Waals surface area contributed by atoms with Gasteiger partial charge in [-0.3, -0.25) is 4.90 Å². The van der Waals surface area contributed by atoms with Gasteiger partial charge < -0.3 is 10.2 Å². The summed E-state index contributed by atoms with van der Waals surface area (Å²) in [5.74, 6) is 0.884. The molecule has 0 saturated carbocycles. The minimum atomic E-state index is 0.625. The Morgan fingerprint density at radius 3 is 3.00 bits per heavy atom. The second kappa shape index (κ2) is 7.25. The molecule has 1 aromatic rings. The first-order valence-corrected chi connectivity index (χ1v) is 7.77. The number of rotatable bonds is 6. The Kier molecular flexibility index (Phi) is 5.64. The largest absolute Gasteiger partial charge is 0.357 e. The van der Waals surface area contributed by atoms with Crippen LogP contribution in [-0.4, -0.2) is 49.7 Å². The van der Waals surface area contributed by atoms with Crippen molar-refractivity contribution in [3.63, 3.8) is 0 Å². The highest BCUT2D eigenvalue weighted by molar-refractivity contribution is 6.33. The van der Waals surface area contributed by atoms with Crippen molar-refractivity contribution in [2.45, 2.75) is 32.4 Å². The average Bonchev–Trinajstić information content (AvgIpc) is 2.86. The van der Waals surface area contributed by atoms with Gasteiger partial charge in [-0.2, -0.15) is 0 Å². The number of halogens is 1. The van der Waals surface area contributed by atoms with E-state index in [0.29, 0.717) is 6.04 Å². The monoisotopic (exact) mass is 296 g/mol. The third-order valence-corrected chi connectivity index (χ3v) is 4.29. The zero-order valence-electron chi connectivity index (χ0n) is 12.7. The van der Waals surface area contributed by atoms with Gasteiger partial charge in [-0.25, -0.2) is 4.98 Å². The molecule has 5 heteroatoms. The predicted octanol–water partition coefficient (Wildman–Crippen LogP) is 2.37. The van der Waals surface area contributed by atoms with Gasteiger partial charge in [0.2, 0.25) is 0 Å². The van der Waals surface area contributed by atoms with E-state index in [1.54, 1.807) is 0 Å². The summed E-state index contributed by atoms with van der Waals surface area (Å²) in [6, 6.07) is 2.63. The standard InChI is InChI=1S/C15H25ClN4/c1-4-20-7-5-6-13(20)11-19(3)15-14(16)8-12(9-17-2)10-18-15/h8,10,13,17H,4-7,9,11H2,1-3H3. The number of anilines is 1. The zero-order valence-corrected chi connectivity index (χ0v) is 13.5. The summed E-state index contributed by atoms with van der Waals surface area (Å²) in [5, 5.41) is 3.85.